The van der Waals surface area contributed by atoms with Gasteiger partial charge in [0.1, 0.15) is 11.7 Å². The number of nitrogens with zero attached hydrogens (tertiary/aromatic N) is 4. The molecule has 0 saturated carbocycles. The van der Waals surface area contributed by atoms with Crippen molar-refractivity contribution in [1.29, 1.82) is 0 Å². The summed E-state index contributed by atoms with van der Waals surface area (Å²) in [5, 5.41) is 0. The predicted octanol–water partition coefficient (Wildman–Crippen LogP) is 10.9. The molecule has 52 heavy (non-hydrogen) atoms. The first kappa shape index (κ1) is 34.0. The number of hydrogen-bond donors (Lipinski definition) is 0. The molecule has 6 aromatic carbocycles. The van der Waals surface area contributed by atoms with Gasteiger partial charge in [-0.3, -0.25) is 19.8 Å². The third-order valence-electron chi connectivity index (χ3n) is 9.79. The van der Waals surface area contributed by atoms with Gasteiger partial charge in [0.2, 0.25) is 0 Å². The molecule has 4 unspecified atom stereocenters. The molecule has 2 aliphatic heterocycles. The second-order valence-electron chi connectivity index (χ2n) is 13.2. The van der Waals surface area contributed by atoms with Gasteiger partial charge in [0.15, 0.2) is 0 Å². The van der Waals surface area contributed by atoms with Gasteiger partial charge in [0.05, 0.1) is 24.2 Å². The molecule has 0 aliphatic carbocycles. The maximum atomic E-state index is 16.0. The van der Waals surface area contributed by atoms with Crippen LogP contribution in [0.5, 0.6) is 0 Å². The summed E-state index contributed by atoms with van der Waals surface area (Å²) < 4.78 is 1.96. The van der Waals surface area contributed by atoms with Gasteiger partial charge in [0.25, 0.3) is 0 Å². The average molecular weight is 809 g/mol. The van der Waals surface area contributed by atoms with E-state index in [9.17, 15) is 0 Å². The third-order valence-corrected chi connectivity index (χ3v) is 10.8. The van der Waals surface area contributed by atoms with E-state index in [0.717, 1.165) is 31.2 Å². The topological polar surface area (TPSA) is 48.3 Å². The predicted molar refractivity (Wildman–Crippen MR) is 217 cm³/mol. The van der Waals surface area contributed by atoms with Gasteiger partial charge in [-0.05, 0) is 59.4 Å². The van der Waals surface area contributed by atoms with E-state index in [1.54, 1.807) is 0 Å². The van der Waals surface area contributed by atoms with Crippen LogP contribution in [0.25, 0.3) is 0 Å². The molecular weight excluding hydrogens is 772 g/mol. The van der Waals surface area contributed by atoms with Crippen LogP contribution in [0.3, 0.4) is 0 Å². The SMILES string of the molecule is O=C(N1C(c2ccccc2)=NC(Cc2ccccc2)C1c1ccc(Br)cc1)N1C(c2ccccc2)=NC(Cc2ccccc2)C1c1ccc(Br)cc1. The molecule has 2 aliphatic rings. The lowest BCUT2D eigenvalue weighted by atomic mass is 9.93. The number of aliphatic imine (C=N–C) groups is 2. The van der Waals surface area contributed by atoms with Crippen molar-refractivity contribution in [3.8, 4) is 0 Å². The van der Waals surface area contributed by atoms with Gasteiger partial charge in [-0.1, -0.05) is 177 Å². The van der Waals surface area contributed by atoms with E-state index in [4.69, 9.17) is 9.98 Å². The molecule has 4 atom stereocenters. The summed E-state index contributed by atoms with van der Waals surface area (Å²) in [7, 11) is 0. The second-order valence-corrected chi connectivity index (χ2v) is 15.0. The summed E-state index contributed by atoms with van der Waals surface area (Å²) in [6.07, 6.45) is 1.35. The van der Waals surface area contributed by atoms with Crippen molar-refractivity contribution >= 4 is 49.6 Å². The van der Waals surface area contributed by atoms with Crippen LogP contribution in [0.4, 0.5) is 4.79 Å². The summed E-state index contributed by atoms with van der Waals surface area (Å²) >= 11 is 7.28. The minimum atomic E-state index is -0.369. The highest BCUT2D eigenvalue weighted by atomic mass is 79.9. The number of amidine groups is 2. The first-order valence-electron chi connectivity index (χ1n) is 17.5. The van der Waals surface area contributed by atoms with E-state index >= 15 is 4.79 Å². The number of rotatable bonds is 8. The highest BCUT2D eigenvalue weighted by molar-refractivity contribution is 9.10. The van der Waals surface area contributed by atoms with Gasteiger partial charge < -0.3 is 0 Å². The minimum absolute atomic E-state index is 0.155. The smallest absolute Gasteiger partial charge is 0.268 e. The van der Waals surface area contributed by atoms with E-state index < -0.39 is 0 Å². The van der Waals surface area contributed by atoms with Crippen LogP contribution in [-0.4, -0.2) is 39.6 Å². The van der Waals surface area contributed by atoms with Crippen molar-refractivity contribution < 1.29 is 4.79 Å². The lowest BCUT2D eigenvalue weighted by Gasteiger charge is -2.36. The molecule has 2 amide bonds. The molecule has 5 nitrogen and oxygen atoms in total. The van der Waals surface area contributed by atoms with Crippen LogP contribution in [0.15, 0.2) is 189 Å². The van der Waals surface area contributed by atoms with Gasteiger partial charge in [-0.2, -0.15) is 0 Å². The number of carbonyl (C=O) groups is 1. The monoisotopic (exact) mass is 806 g/mol. The van der Waals surface area contributed by atoms with Gasteiger partial charge in [-0.15, -0.1) is 0 Å². The molecule has 0 bridgehead atoms. The fourth-order valence-corrected chi connectivity index (χ4v) is 7.94. The number of benzene rings is 6. The van der Waals surface area contributed by atoms with Gasteiger partial charge in [0, 0.05) is 20.1 Å². The molecule has 8 rings (SSSR count). The standard InChI is InChI=1S/C45H36Br2N4O/c46-37-25-21-33(22-26-37)41-39(29-31-13-5-1-6-14-31)48-43(35-17-9-3-10-18-35)50(41)45(52)51-42(34-23-27-38(47)28-24-34)40(30-32-15-7-2-8-16-32)49-44(51)36-19-11-4-12-20-36/h1-28,39-42H,29-30H2. The maximum absolute atomic E-state index is 16.0. The van der Waals surface area contributed by atoms with Crippen LogP contribution >= 0.6 is 31.9 Å². The number of hydrogen-bond acceptors (Lipinski definition) is 3. The molecule has 7 heteroatoms. The average Bonchev–Trinajstić information content (AvgIpc) is 3.76. The Bertz CT molecular complexity index is 2040. The van der Waals surface area contributed by atoms with Gasteiger partial charge >= 0.3 is 6.03 Å². The molecule has 2 heterocycles. The number of carbonyl (C=O) groups excluding carboxylic acids is 1. The Labute approximate surface area is 321 Å². The number of halogens is 2. The van der Waals surface area contributed by atoms with E-state index in [-0.39, 0.29) is 30.2 Å². The van der Waals surface area contributed by atoms with Crippen LogP contribution < -0.4 is 0 Å². The maximum Gasteiger partial charge on any atom is 0.332 e. The van der Waals surface area contributed by atoms with Crippen molar-refractivity contribution in [3.63, 3.8) is 0 Å². The Morgan fingerprint density at radius 3 is 1.13 bits per heavy atom. The Balaban J connectivity index is 1.31. The lowest BCUT2D eigenvalue weighted by Crippen LogP contribution is -2.50. The first-order chi connectivity index (χ1) is 25.5. The Morgan fingerprint density at radius 1 is 0.462 bits per heavy atom. The number of amides is 2. The lowest BCUT2D eigenvalue weighted by molar-refractivity contribution is 0.174. The summed E-state index contributed by atoms with van der Waals surface area (Å²) in [6.45, 7) is 0. The molecular formula is C45H36Br2N4O. The molecule has 0 aromatic heterocycles. The summed E-state index contributed by atoms with van der Waals surface area (Å²) in [5.41, 5.74) is 6.17. The minimum Gasteiger partial charge on any atom is -0.268 e. The zero-order valence-corrected chi connectivity index (χ0v) is 31.5. The fourth-order valence-electron chi connectivity index (χ4n) is 7.41. The van der Waals surface area contributed by atoms with Crippen LogP contribution in [0.2, 0.25) is 0 Å². The van der Waals surface area contributed by atoms with Crippen LogP contribution in [0, 0.1) is 0 Å². The number of urea groups is 1. The zero-order valence-electron chi connectivity index (χ0n) is 28.3. The highest BCUT2D eigenvalue weighted by Gasteiger charge is 2.49. The molecule has 0 spiro atoms. The van der Waals surface area contributed by atoms with Crippen molar-refractivity contribution in [2.24, 2.45) is 9.98 Å². The Hall–Kier alpha value is -5.11. The fraction of sp³-hybridized carbons (Fsp3) is 0.133. The summed E-state index contributed by atoms with van der Waals surface area (Å²) in [6, 6.07) is 56.3. The van der Waals surface area contributed by atoms with E-state index in [2.05, 4.69) is 105 Å². The summed E-state index contributed by atoms with van der Waals surface area (Å²) in [5.74, 6) is 1.32. The molecule has 256 valence electrons. The first-order valence-corrected chi connectivity index (χ1v) is 19.1. The van der Waals surface area contributed by atoms with Crippen LogP contribution in [-0.2, 0) is 12.8 Å². The largest absolute Gasteiger partial charge is 0.332 e. The van der Waals surface area contributed by atoms with E-state index in [0.29, 0.717) is 24.5 Å². The Morgan fingerprint density at radius 2 is 0.788 bits per heavy atom. The second kappa shape index (κ2) is 15.2. The van der Waals surface area contributed by atoms with Crippen molar-refractivity contribution in [2.45, 2.75) is 37.0 Å². The van der Waals surface area contributed by atoms with Crippen LogP contribution in [0.1, 0.15) is 45.5 Å². The third kappa shape index (κ3) is 7.03. The quantitative estimate of drug-likeness (QED) is 0.151. The van der Waals surface area contributed by atoms with E-state index in [1.807, 2.05) is 107 Å². The molecule has 0 fully saturated rings. The molecule has 6 aromatic rings. The molecule has 0 radical (unpaired) electrons. The van der Waals surface area contributed by atoms with Gasteiger partial charge in [-0.25, -0.2) is 4.79 Å². The molecule has 0 N–H and O–H groups in total. The Kier molecular flexibility index (Phi) is 9.97. The zero-order chi connectivity index (χ0) is 35.4. The highest BCUT2D eigenvalue weighted by Crippen LogP contribution is 2.42. The van der Waals surface area contributed by atoms with E-state index in [1.165, 1.54) is 11.1 Å². The summed E-state index contributed by atoms with van der Waals surface area (Å²) in [4.78, 5) is 30.8. The molecule has 0 saturated heterocycles. The van der Waals surface area contributed by atoms with Crippen molar-refractivity contribution in [1.82, 2.24) is 9.80 Å². The van der Waals surface area contributed by atoms with Crippen molar-refractivity contribution in [2.75, 3.05) is 0 Å². The normalized spacial score (nSPS) is 19.7. The van der Waals surface area contributed by atoms with Crippen molar-refractivity contribution in [3.05, 3.63) is 212 Å².